The molecule has 12 heteroatoms. The van der Waals surface area contributed by atoms with Gasteiger partial charge >= 0.3 is 12.1 Å². The molecule has 0 bridgehead atoms. The lowest BCUT2D eigenvalue weighted by molar-refractivity contribution is -0.387. The first kappa shape index (κ1) is 26.0. The normalized spacial score (nSPS) is 12.8. The van der Waals surface area contributed by atoms with Crippen LogP contribution >= 0.6 is 0 Å². The average molecular weight is 458 g/mol. The molecule has 0 aromatic heterocycles. The van der Waals surface area contributed by atoms with Crippen molar-refractivity contribution in [1.82, 2.24) is 9.62 Å². The highest BCUT2D eigenvalue weighted by molar-refractivity contribution is 7.89. The number of nitrogens with one attached hydrogen (secondary N) is 1. The molecule has 31 heavy (non-hydrogen) atoms. The van der Waals surface area contributed by atoms with E-state index in [1.54, 1.807) is 20.8 Å². The second kappa shape index (κ2) is 10.9. The topological polar surface area (TPSA) is 156 Å². The first-order chi connectivity index (χ1) is 14.3. The number of nitro groups is 1. The van der Waals surface area contributed by atoms with E-state index in [0.29, 0.717) is 0 Å². The molecule has 172 valence electrons. The van der Waals surface area contributed by atoms with Crippen molar-refractivity contribution < 1.29 is 32.8 Å². The van der Waals surface area contributed by atoms with Crippen molar-refractivity contribution in [3.63, 3.8) is 0 Å². The Morgan fingerprint density at radius 1 is 1.32 bits per heavy atom. The summed E-state index contributed by atoms with van der Waals surface area (Å²) in [6.45, 7) is 7.98. The van der Waals surface area contributed by atoms with E-state index in [0.717, 1.165) is 16.4 Å². The van der Waals surface area contributed by atoms with E-state index in [1.807, 2.05) is 0 Å². The third kappa shape index (κ3) is 7.98. The van der Waals surface area contributed by atoms with Crippen LogP contribution in [0.1, 0.15) is 33.6 Å². The van der Waals surface area contributed by atoms with E-state index >= 15 is 0 Å². The molecule has 1 aromatic rings. The summed E-state index contributed by atoms with van der Waals surface area (Å²) in [5, 5.41) is 22.9. The number of carbonyl (C=O) groups excluding carboxylic acids is 1. The largest absolute Gasteiger partial charge is 0.480 e. The summed E-state index contributed by atoms with van der Waals surface area (Å²) in [7, 11) is -4.32. The van der Waals surface area contributed by atoms with Crippen LogP contribution in [0, 0.1) is 10.1 Å². The summed E-state index contributed by atoms with van der Waals surface area (Å²) in [5.41, 5.74) is -1.44. The lowest BCUT2D eigenvalue weighted by Crippen LogP contribution is -2.45. The van der Waals surface area contributed by atoms with Crippen molar-refractivity contribution >= 4 is 27.8 Å². The van der Waals surface area contributed by atoms with Crippen molar-refractivity contribution in [2.75, 3.05) is 13.1 Å². The number of carboxylic acids is 1. The highest BCUT2D eigenvalue weighted by Gasteiger charge is 2.32. The van der Waals surface area contributed by atoms with E-state index in [4.69, 9.17) is 4.74 Å². The Hall–Kier alpha value is -2.99. The van der Waals surface area contributed by atoms with E-state index in [2.05, 4.69) is 11.9 Å². The summed E-state index contributed by atoms with van der Waals surface area (Å²) < 4.78 is 32.1. The number of hydrogen-bond donors (Lipinski definition) is 2. The Balaban J connectivity index is 3.11. The Morgan fingerprint density at radius 3 is 2.45 bits per heavy atom. The fourth-order valence-electron chi connectivity index (χ4n) is 2.53. The minimum Gasteiger partial charge on any atom is -0.480 e. The number of amides is 1. The van der Waals surface area contributed by atoms with Crippen LogP contribution in [0.5, 0.6) is 0 Å². The van der Waals surface area contributed by atoms with Gasteiger partial charge in [0, 0.05) is 19.2 Å². The fraction of sp³-hybridized carbons (Fsp3) is 0.474. The molecule has 0 spiro atoms. The highest BCUT2D eigenvalue weighted by atomic mass is 32.2. The second-order valence-electron chi connectivity index (χ2n) is 7.53. The van der Waals surface area contributed by atoms with Crippen molar-refractivity contribution in [3.05, 3.63) is 47.0 Å². The molecule has 1 aromatic carbocycles. The standard InChI is InChI=1S/C19H27N3O8S/c1-5-6-12-21(31(28,29)16-10-8-7-9-15(16)22(26)27)13-11-14(17(23)24)20-18(25)30-19(2,3)4/h5,7-10,14H,1,6,11-13H2,2-4H3,(H,20,25)(H,23,24). The van der Waals surface area contributed by atoms with E-state index < -0.39 is 49.2 Å². The predicted octanol–water partition coefficient (Wildman–Crippen LogP) is 2.53. The molecule has 0 aliphatic carbocycles. The minimum absolute atomic E-state index is 0.0728. The van der Waals surface area contributed by atoms with Crippen molar-refractivity contribution in [2.24, 2.45) is 0 Å². The van der Waals surface area contributed by atoms with Gasteiger partial charge in [-0.3, -0.25) is 10.1 Å². The van der Waals surface area contributed by atoms with Crippen LogP contribution < -0.4 is 5.32 Å². The number of carboxylic acid groups (broad SMARTS) is 1. The molecular weight excluding hydrogens is 430 g/mol. The van der Waals surface area contributed by atoms with Gasteiger partial charge in [-0.05, 0) is 39.7 Å². The maximum atomic E-state index is 13.1. The number of nitrogens with zero attached hydrogens (tertiary/aromatic N) is 2. The van der Waals surface area contributed by atoms with E-state index in [-0.39, 0.29) is 25.9 Å². The molecule has 0 saturated carbocycles. The number of benzene rings is 1. The molecular formula is C19H27N3O8S. The third-order valence-electron chi connectivity index (χ3n) is 3.92. The molecule has 1 unspecified atom stereocenters. The number of carbonyl (C=O) groups is 2. The van der Waals surface area contributed by atoms with Gasteiger partial charge < -0.3 is 15.2 Å². The molecule has 1 amide bonds. The van der Waals surface area contributed by atoms with Crippen LogP contribution in [0.3, 0.4) is 0 Å². The maximum absolute atomic E-state index is 13.1. The van der Waals surface area contributed by atoms with Crippen molar-refractivity contribution in [3.8, 4) is 0 Å². The highest BCUT2D eigenvalue weighted by Crippen LogP contribution is 2.26. The first-order valence-electron chi connectivity index (χ1n) is 9.36. The zero-order valence-electron chi connectivity index (χ0n) is 17.6. The van der Waals surface area contributed by atoms with Gasteiger partial charge in [-0.15, -0.1) is 6.58 Å². The van der Waals surface area contributed by atoms with Crippen LogP contribution in [0.25, 0.3) is 0 Å². The number of nitro benzene ring substituents is 1. The molecule has 0 aliphatic heterocycles. The van der Waals surface area contributed by atoms with Crippen molar-refractivity contribution in [1.29, 1.82) is 0 Å². The van der Waals surface area contributed by atoms with Gasteiger partial charge in [-0.2, -0.15) is 4.31 Å². The number of alkyl carbamates (subject to hydrolysis) is 1. The van der Waals surface area contributed by atoms with Crippen molar-refractivity contribution in [2.45, 2.75) is 50.2 Å². The second-order valence-corrected chi connectivity index (χ2v) is 9.44. The Kier molecular flexibility index (Phi) is 9.13. The van der Waals surface area contributed by atoms with Gasteiger partial charge in [0.2, 0.25) is 10.0 Å². The molecule has 2 N–H and O–H groups in total. The number of para-hydroxylation sites is 1. The van der Waals surface area contributed by atoms with E-state index in [9.17, 15) is 33.2 Å². The van der Waals surface area contributed by atoms with Gasteiger partial charge in [0.05, 0.1) is 4.92 Å². The Bertz CT molecular complexity index is 924. The summed E-state index contributed by atoms with van der Waals surface area (Å²) in [4.78, 5) is 33.4. The van der Waals surface area contributed by atoms with Gasteiger partial charge in [-0.1, -0.05) is 18.2 Å². The molecule has 0 saturated heterocycles. The number of hydrogen-bond acceptors (Lipinski definition) is 7. The molecule has 0 aliphatic rings. The summed E-state index contributed by atoms with van der Waals surface area (Å²) in [5.74, 6) is -1.38. The minimum atomic E-state index is -4.32. The van der Waals surface area contributed by atoms with E-state index in [1.165, 1.54) is 18.2 Å². The maximum Gasteiger partial charge on any atom is 0.408 e. The number of rotatable bonds is 11. The zero-order chi connectivity index (χ0) is 23.8. The average Bonchev–Trinajstić information content (AvgIpc) is 2.65. The monoisotopic (exact) mass is 457 g/mol. The molecule has 1 atom stereocenters. The zero-order valence-corrected chi connectivity index (χ0v) is 18.4. The quantitative estimate of drug-likeness (QED) is 0.292. The van der Waals surface area contributed by atoms with Gasteiger partial charge in [0.15, 0.2) is 4.90 Å². The fourth-order valence-corrected chi connectivity index (χ4v) is 4.16. The first-order valence-corrected chi connectivity index (χ1v) is 10.8. The summed E-state index contributed by atoms with van der Waals surface area (Å²) in [6.07, 6.45) is 0.456. The molecule has 11 nitrogen and oxygen atoms in total. The predicted molar refractivity (Wildman–Crippen MR) is 112 cm³/mol. The third-order valence-corrected chi connectivity index (χ3v) is 5.86. The lowest BCUT2D eigenvalue weighted by Gasteiger charge is -2.25. The van der Waals surface area contributed by atoms with Gasteiger partial charge in [0.25, 0.3) is 5.69 Å². The van der Waals surface area contributed by atoms with Crippen LogP contribution in [0.2, 0.25) is 0 Å². The Morgan fingerprint density at radius 2 is 1.94 bits per heavy atom. The van der Waals surface area contributed by atoms with Gasteiger partial charge in [-0.25, -0.2) is 18.0 Å². The van der Waals surface area contributed by atoms with Crippen LogP contribution in [0.15, 0.2) is 41.8 Å². The van der Waals surface area contributed by atoms with Crippen LogP contribution in [-0.4, -0.2) is 59.5 Å². The summed E-state index contributed by atoms with van der Waals surface area (Å²) >= 11 is 0. The Labute approximate surface area is 180 Å². The number of ether oxygens (including phenoxy) is 1. The molecule has 0 heterocycles. The van der Waals surface area contributed by atoms with Gasteiger partial charge in [0.1, 0.15) is 11.6 Å². The lowest BCUT2D eigenvalue weighted by atomic mass is 10.2. The summed E-state index contributed by atoms with van der Waals surface area (Å²) in [6, 6.07) is 3.46. The molecule has 1 rings (SSSR count). The number of sulfonamides is 1. The van der Waals surface area contributed by atoms with Crippen LogP contribution in [0.4, 0.5) is 10.5 Å². The SMILES string of the molecule is C=CCCN(CCC(NC(=O)OC(C)(C)C)C(=O)O)S(=O)(=O)c1ccccc1[N+](=O)[O-]. The smallest absolute Gasteiger partial charge is 0.408 e. The number of aliphatic carboxylic acids is 1. The van der Waals surface area contributed by atoms with Crippen LogP contribution in [-0.2, 0) is 19.6 Å². The molecule has 0 radical (unpaired) electrons. The molecule has 0 fully saturated rings.